The van der Waals surface area contributed by atoms with E-state index in [-0.39, 0.29) is 31.1 Å². The van der Waals surface area contributed by atoms with Crippen LogP contribution in [0.2, 0.25) is 19.6 Å². The molecule has 1 atom stereocenters. The first-order valence-electron chi connectivity index (χ1n) is 10.1. The lowest BCUT2D eigenvalue weighted by Gasteiger charge is -2.27. The predicted molar refractivity (Wildman–Crippen MR) is 122 cm³/mol. The Morgan fingerprint density at radius 1 is 1.03 bits per heavy atom. The molecule has 0 heterocycles. The van der Waals surface area contributed by atoms with Gasteiger partial charge in [-0.2, -0.15) is 0 Å². The van der Waals surface area contributed by atoms with Crippen LogP contribution in [0, 0.1) is 11.5 Å². The van der Waals surface area contributed by atoms with Crippen molar-refractivity contribution in [3.05, 3.63) is 48.0 Å². The van der Waals surface area contributed by atoms with Crippen molar-refractivity contribution in [1.29, 1.82) is 0 Å². The molecule has 0 saturated carbocycles. The van der Waals surface area contributed by atoms with Crippen LogP contribution in [-0.2, 0) is 20.9 Å². The summed E-state index contributed by atoms with van der Waals surface area (Å²) >= 11 is 0. The standard InChI is InChI=1S/C24H29NO4Si/c1-18(24(28)29)25(17-20-11-7-10-19-9-5-6-13-22(19)20)23(27)14-8-12-21(26)15-16-30(2,3)4/h5-7,9-11,13,18H,8,12,14,17H2,1-4H3,(H,28,29). The highest BCUT2D eigenvalue weighted by Crippen LogP contribution is 2.21. The summed E-state index contributed by atoms with van der Waals surface area (Å²) in [6, 6.07) is 12.7. The summed E-state index contributed by atoms with van der Waals surface area (Å²) in [5.41, 5.74) is 3.93. The molecule has 0 radical (unpaired) electrons. The number of Topliss-reactive ketones (excluding diaryl/α,β-unsaturated/α-hetero) is 1. The molecular formula is C24H29NO4Si. The fourth-order valence-corrected chi connectivity index (χ4v) is 3.57. The Morgan fingerprint density at radius 3 is 2.37 bits per heavy atom. The minimum atomic E-state index is -1.61. The van der Waals surface area contributed by atoms with Gasteiger partial charge in [-0.15, -0.1) is 5.54 Å². The SMILES string of the molecule is CC(C(=O)O)N(Cc1cccc2ccccc12)C(=O)CCCC(=O)C#C[Si](C)(C)C. The van der Waals surface area contributed by atoms with Gasteiger partial charge in [0.05, 0.1) is 0 Å². The molecule has 0 saturated heterocycles. The highest BCUT2D eigenvalue weighted by molar-refractivity contribution is 6.84. The smallest absolute Gasteiger partial charge is 0.326 e. The fourth-order valence-electron chi connectivity index (χ4n) is 3.05. The van der Waals surface area contributed by atoms with E-state index in [1.165, 1.54) is 11.8 Å². The quantitative estimate of drug-likeness (QED) is 0.508. The molecular weight excluding hydrogens is 394 g/mol. The van der Waals surface area contributed by atoms with Crippen LogP contribution in [0.1, 0.15) is 31.7 Å². The number of nitrogens with zero attached hydrogens (tertiary/aromatic N) is 1. The van der Waals surface area contributed by atoms with Crippen molar-refractivity contribution in [2.45, 2.75) is 58.4 Å². The summed E-state index contributed by atoms with van der Waals surface area (Å²) in [6.07, 6.45) is 0.673. The van der Waals surface area contributed by atoms with E-state index in [9.17, 15) is 19.5 Å². The third-order valence-corrected chi connectivity index (χ3v) is 5.61. The van der Waals surface area contributed by atoms with Crippen molar-refractivity contribution in [1.82, 2.24) is 4.90 Å². The molecule has 0 aliphatic heterocycles. The van der Waals surface area contributed by atoms with Gasteiger partial charge in [0.2, 0.25) is 11.7 Å². The number of carbonyl (C=O) groups is 3. The molecule has 0 aliphatic carbocycles. The van der Waals surface area contributed by atoms with E-state index in [1.807, 2.05) is 42.5 Å². The van der Waals surface area contributed by atoms with Crippen LogP contribution in [0.4, 0.5) is 0 Å². The molecule has 6 heteroatoms. The van der Waals surface area contributed by atoms with Crippen molar-refractivity contribution >= 4 is 36.5 Å². The van der Waals surface area contributed by atoms with E-state index in [4.69, 9.17) is 0 Å². The fraction of sp³-hybridized carbons (Fsp3) is 0.375. The molecule has 1 N–H and O–H groups in total. The monoisotopic (exact) mass is 423 g/mol. The topological polar surface area (TPSA) is 74.7 Å². The Bertz CT molecular complexity index is 992. The first kappa shape index (κ1) is 23.4. The zero-order valence-electron chi connectivity index (χ0n) is 18.1. The predicted octanol–water partition coefficient (Wildman–Crippen LogP) is 4.26. The number of ketones is 1. The van der Waals surface area contributed by atoms with Gasteiger partial charge in [-0.3, -0.25) is 9.59 Å². The molecule has 1 amide bonds. The van der Waals surface area contributed by atoms with Gasteiger partial charge in [0.25, 0.3) is 0 Å². The molecule has 0 aromatic heterocycles. The third-order valence-electron chi connectivity index (χ3n) is 4.74. The Hall–Kier alpha value is -2.91. The van der Waals surface area contributed by atoms with Gasteiger partial charge in [-0.05, 0) is 35.6 Å². The minimum Gasteiger partial charge on any atom is -0.480 e. The zero-order chi connectivity index (χ0) is 22.3. The van der Waals surface area contributed by atoms with Crippen molar-refractivity contribution in [3.8, 4) is 11.5 Å². The van der Waals surface area contributed by atoms with Crippen LogP contribution < -0.4 is 0 Å². The number of hydrogen-bond donors (Lipinski definition) is 1. The summed E-state index contributed by atoms with van der Waals surface area (Å²) < 4.78 is 0. The van der Waals surface area contributed by atoms with Crippen LogP contribution in [-0.4, -0.2) is 41.8 Å². The van der Waals surface area contributed by atoms with Gasteiger partial charge in [0.1, 0.15) is 14.1 Å². The number of hydrogen-bond acceptors (Lipinski definition) is 3. The molecule has 2 aromatic carbocycles. The molecule has 0 fully saturated rings. The van der Waals surface area contributed by atoms with E-state index in [0.717, 1.165) is 16.3 Å². The third kappa shape index (κ3) is 6.85. The molecule has 2 aromatic rings. The minimum absolute atomic E-state index is 0.114. The van der Waals surface area contributed by atoms with Gasteiger partial charge in [-0.25, -0.2) is 4.79 Å². The first-order valence-corrected chi connectivity index (χ1v) is 13.6. The maximum Gasteiger partial charge on any atom is 0.326 e. The molecule has 5 nitrogen and oxygen atoms in total. The summed E-state index contributed by atoms with van der Waals surface area (Å²) in [5.74, 6) is 1.18. The number of benzene rings is 2. The number of carboxylic acid groups (broad SMARTS) is 1. The Balaban J connectivity index is 2.11. The highest BCUT2D eigenvalue weighted by atomic mass is 28.3. The molecule has 2 rings (SSSR count). The summed E-state index contributed by atoms with van der Waals surface area (Å²) in [4.78, 5) is 37.8. The van der Waals surface area contributed by atoms with E-state index >= 15 is 0 Å². The van der Waals surface area contributed by atoms with Crippen LogP contribution in [0.15, 0.2) is 42.5 Å². The average Bonchev–Trinajstić information content (AvgIpc) is 2.69. The van der Waals surface area contributed by atoms with Crippen molar-refractivity contribution in [3.63, 3.8) is 0 Å². The second-order valence-electron chi connectivity index (χ2n) is 8.45. The van der Waals surface area contributed by atoms with E-state index < -0.39 is 20.1 Å². The Kier molecular flexibility index (Phi) is 7.96. The van der Waals surface area contributed by atoms with Crippen LogP contribution in [0.25, 0.3) is 10.8 Å². The van der Waals surface area contributed by atoms with Gasteiger partial charge < -0.3 is 10.0 Å². The molecule has 158 valence electrons. The Morgan fingerprint density at radius 2 is 1.70 bits per heavy atom. The number of amides is 1. The second kappa shape index (κ2) is 10.2. The van der Waals surface area contributed by atoms with E-state index in [0.29, 0.717) is 6.42 Å². The van der Waals surface area contributed by atoms with Crippen molar-refractivity contribution in [2.75, 3.05) is 0 Å². The summed E-state index contributed by atoms with van der Waals surface area (Å²) in [6.45, 7) is 7.91. The second-order valence-corrected chi connectivity index (χ2v) is 13.2. The van der Waals surface area contributed by atoms with Gasteiger partial charge >= 0.3 is 5.97 Å². The van der Waals surface area contributed by atoms with Gasteiger partial charge in [0.15, 0.2) is 0 Å². The molecule has 0 aliphatic rings. The van der Waals surface area contributed by atoms with Crippen LogP contribution in [0.3, 0.4) is 0 Å². The largest absolute Gasteiger partial charge is 0.480 e. The van der Waals surface area contributed by atoms with Crippen LogP contribution >= 0.6 is 0 Å². The number of fused-ring (bicyclic) bond motifs is 1. The Labute approximate surface area is 179 Å². The maximum atomic E-state index is 12.9. The molecule has 1 unspecified atom stereocenters. The normalized spacial score (nSPS) is 12.0. The first-order chi connectivity index (χ1) is 14.1. The number of carbonyl (C=O) groups excluding carboxylic acids is 2. The number of rotatable bonds is 8. The maximum absolute atomic E-state index is 12.9. The lowest BCUT2D eigenvalue weighted by Crippen LogP contribution is -2.42. The molecule has 0 spiro atoms. The summed E-state index contributed by atoms with van der Waals surface area (Å²) in [7, 11) is -1.61. The lowest BCUT2D eigenvalue weighted by atomic mass is 10.0. The van der Waals surface area contributed by atoms with Crippen molar-refractivity contribution in [2.24, 2.45) is 0 Å². The average molecular weight is 424 g/mol. The number of carboxylic acids is 1. The molecule has 30 heavy (non-hydrogen) atoms. The lowest BCUT2D eigenvalue weighted by molar-refractivity contribution is -0.150. The van der Waals surface area contributed by atoms with Gasteiger partial charge in [-0.1, -0.05) is 62.1 Å². The number of aliphatic carboxylic acids is 1. The van der Waals surface area contributed by atoms with Crippen LogP contribution in [0.5, 0.6) is 0 Å². The molecule has 0 bridgehead atoms. The van der Waals surface area contributed by atoms with E-state index in [1.54, 1.807) is 0 Å². The highest BCUT2D eigenvalue weighted by Gasteiger charge is 2.26. The summed E-state index contributed by atoms with van der Waals surface area (Å²) in [5, 5.41) is 11.5. The van der Waals surface area contributed by atoms with E-state index in [2.05, 4.69) is 31.1 Å². The zero-order valence-corrected chi connectivity index (χ0v) is 19.1. The van der Waals surface area contributed by atoms with Gasteiger partial charge in [0, 0.05) is 19.4 Å². The van der Waals surface area contributed by atoms with Crippen molar-refractivity contribution < 1.29 is 19.5 Å².